The normalized spacial score (nSPS) is 14.7. The van der Waals surface area contributed by atoms with E-state index in [9.17, 15) is 9.90 Å². The average Bonchev–Trinajstić information content (AvgIpc) is 2.78. The topological polar surface area (TPSA) is 75.4 Å². The summed E-state index contributed by atoms with van der Waals surface area (Å²) in [6, 6.07) is 10.9. The SMILES string of the molecule is COc1cc(OC)c2c(C)c(CCN3CCN(c4ccccc4O)CC3)c(=O)oc2c1. The fraction of sp³-hybridized carbons (Fsp3) is 0.375. The number of aromatic hydroxyl groups is 1. The molecule has 164 valence electrons. The third-order valence-corrected chi connectivity index (χ3v) is 6.04. The molecular formula is C24H28N2O5. The van der Waals surface area contributed by atoms with Crippen molar-refractivity contribution in [2.75, 3.05) is 51.8 Å². The minimum atomic E-state index is -0.312. The quantitative estimate of drug-likeness (QED) is 0.609. The van der Waals surface area contributed by atoms with Crippen LogP contribution in [0, 0.1) is 6.92 Å². The summed E-state index contributed by atoms with van der Waals surface area (Å²) in [4.78, 5) is 17.2. The first-order valence-corrected chi connectivity index (χ1v) is 10.5. The van der Waals surface area contributed by atoms with Crippen LogP contribution >= 0.6 is 0 Å². The van der Waals surface area contributed by atoms with Crippen LogP contribution in [0.15, 0.2) is 45.6 Å². The monoisotopic (exact) mass is 424 g/mol. The average molecular weight is 424 g/mol. The largest absolute Gasteiger partial charge is 0.506 e. The summed E-state index contributed by atoms with van der Waals surface area (Å²) in [6.07, 6.45) is 0.607. The molecule has 0 radical (unpaired) electrons. The maximum Gasteiger partial charge on any atom is 0.339 e. The van der Waals surface area contributed by atoms with Gasteiger partial charge in [0, 0.05) is 50.4 Å². The lowest BCUT2D eigenvalue weighted by atomic mass is 10.0. The molecule has 2 heterocycles. The van der Waals surface area contributed by atoms with E-state index in [2.05, 4.69) is 9.80 Å². The van der Waals surface area contributed by atoms with Gasteiger partial charge in [-0.1, -0.05) is 12.1 Å². The van der Waals surface area contributed by atoms with E-state index < -0.39 is 0 Å². The molecule has 1 aliphatic rings. The summed E-state index contributed by atoms with van der Waals surface area (Å²) >= 11 is 0. The van der Waals surface area contributed by atoms with Crippen LogP contribution < -0.4 is 20.0 Å². The predicted molar refractivity (Wildman–Crippen MR) is 121 cm³/mol. The molecule has 7 nitrogen and oxygen atoms in total. The van der Waals surface area contributed by atoms with E-state index in [-0.39, 0.29) is 5.63 Å². The van der Waals surface area contributed by atoms with Crippen LogP contribution in [0.5, 0.6) is 17.2 Å². The van der Waals surface area contributed by atoms with Gasteiger partial charge in [-0.3, -0.25) is 4.90 Å². The second kappa shape index (κ2) is 8.89. The Balaban J connectivity index is 1.48. The summed E-state index contributed by atoms with van der Waals surface area (Å²) in [7, 11) is 3.17. The van der Waals surface area contributed by atoms with Crippen LogP contribution in [-0.2, 0) is 6.42 Å². The van der Waals surface area contributed by atoms with Crippen molar-refractivity contribution in [2.24, 2.45) is 0 Å². The highest BCUT2D eigenvalue weighted by atomic mass is 16.5. The number of phenols is 1. The molecule has 7 heteroatoms. The number of phenolic OH excluding ortho intramolecular Hbond substituents is 1. The van der Waals surface area contributed by atoms with E-state index in [1.54, 1.807) is 32.4 Å². The fourth-order valence-electron chi connectivity index (χ4n) is 4.26. The first-order chi connectivity index (χ1) is 15.0. The van der Waals surface area contributed by atoms with Crippen molar-refractivity contribution in [3.63, 3.8) is 0 Å². The van der Waals surface area contributed by atoms with Crippen molar-refractivity contribution in [3.05, 3.63) is 57.9 Å². The first kappa shape index (κ1) is 21.1. The van der Waals surface area contributed by atoms with E-state index in [1.165, 1.54) is 0 Å². The van der Waals surface area contributed by atoms with Crippen molar-refractivity contribution in [3.8, 4) is 17.2 Å². The molecule has 0 atom stereocenters. The molecular weight excluding hydrogens is 396 g/mol. The number of rotatable bonds is 6. The maximum absolute atomic E-state index is 12.7. The number of hydrogen-bond donors (Lipinski definition) is 1. The van der Waals surface area contributed by atoms with Gasteiger partial charge in [0.15, 0.2) is 0 Å². The number of ether oxygens (including phenoxy) is 2. The highest BCUT2D eigenvalue weighted by molar-refractivity contribution is 5.89. The van der Waals surface area contributed by atoms with Gasteiger partial charge in [0.25, 0.3) is 0 Å². The minimum Gasteiger partial charge on any atom is -0.506 e. The van der Waals surface area contributed by atoms with E-state index in [1.807, 2.05) is 25.1 Å². The van der Waals surface area contributed by atoms with Crippen molar-refractivity contribution in [1.29, 1.82) is 0 Å². The minimum absolute atomic E-state index is 0.311. The highest BCUT2D eigenvalue weighted by Gasteiger charge is 2.21. The third-order valence-electron chi connectivity index (χ3n) is 6.04. The Hall–Kier alpha value is -3.19. The Morgan fingerprint density at radius 1 is 1.06 bits per heavy atom. The molecule has 0 unspecified atom stereocenters. The van der Waals surface area contributed by atoms with Crippen molar-refractivity contribution in [1.82, 2.24) is 4.90 Å². The number of hydrogen-bond acceptors (Lipinski definition) is 7. The second-order valence-electron chi connectivity index (χ2n) is 7.76. The zero-order valence-electron chi connectivity index (χ0n) is 18.2. The molecule has 31 heavy (non-hydrogen) atoms. The van der Waals surface area contributed by atoms with Gasteiger partial charge in [0.05, 0.1) is 25.3 Å². The van der Waals surface area contributed by atoms with Crippen LogP contribution in [-0.4, -0.2) is 56.9 Å². The molecule has 1 N–H and O–H groups in total. The number of fused-ring (bicyclic) bond motifs is 1. The molecule has 0 amide bonds. The van der Waals surface area contributed by atoms with Crippen LogP contribution in [0.3, 0.4) is 0 Å². The summed E-state index contributed by atoms with van der Waals surface area (Å²) in [5, 5.41) is 10.9. The molecule has 1 fully saturated rings. The number of anilines is 1. The third kappa shape index (κ3) is 4.18. The number of nitrogens with zero attached hydrogens (tertiary/aromatic N) is 2. The summed E-state index contributed by atoms with van der Waals surface area (Å²) in [5.41, 5.74) is 2.60. The van der Waals surface area contributed by atoms with Crippen molar-refractivity contribution >= 4 is 16.7 Å². The van der Waals surface area contributed by atoms with Crippen molar-refractivity contribution in [2.45, 2.75) is 13.3 Å². The van der Waals surface area contributed by atoms with Crippen LogP contribution in [0.25, 0.3) is 11.0 Å². The molecule has 1 saturated heterocycles. The second-order valence-corrected chi connectivity index (χ2v) is 7.76. The van der Waals surface area contributed by atoms with E-state index >= 15 is 0 Å². The van der Waals surface area contributed by atoms with Crippen LogP contribution in [0.1, 0.15) is 11.1 Å². The van der Waals surface area contributed by atoms with Gasteiger partial charge in [-0.05, 0) is 31.0 Å². The first-order valence-electron chi connectivity index (χ1n) is 10.5. The number of para-hydroxylation sites is 2. The van der Waals surface area contributed by atoms with Gasteiger partial charge in [-0.25, -0.2) is 4.79 Å². The van der Waals surface area contributed by atoms with Gasteiger partial charge in [-0.2, -0.15) is 0 Å². The lowest BCUT2D eigenvalue weighted by Gasteiger charge is -2.36. The Bertz CT molecular complexity index is 1130. The van der Waals surface area contributed by atoms with Gasteiger partial charge in [0.2, 0.25) is 0 Å². The molecule has 0 aliphatic carbocycles. The summed E-state index contributed by atoms with van der Waals surface area (Å²) in [5.74, 6) is 1.53. The molecule has 2 aromatic carbocycles. The Morgan fingerprint density at radius 3 is 2.48 bits per heavy atom. The molecule has 3 aromatic rings. The van der Waals surface area contributed by atoms with E-state index in [0.29, 0.717) is 34.8 Å². The van der Waals surface area contributed by atoms with Gasteiger partial charge in [-0.15, -0.1) is 0 Å². The lowest BCUT2D eigenvalue weighted by molar-refractivity contribution is 0.259. The predicted octanol–water partition coefficient (Wildman–Crippen LogP) is 3.19. The number of methoxy groups -OCH3 is 2. The molecule has 4 rings (SSSR count). The molecule has 1 aliphatic heterocycles. The number of piperazine rings is 1. The lowest BCUT2D eigenvalue weighted by Crippen LogP contribution is -2.47. The Labute approximate surface area is 181 Å². The van der Waals surface area contributed by atoms with Crippen LogP contribution in [0.4, 0.5) is 5.69 Å². The van der Waals surface area contributed by atoms with Gasteiger partial charge >= 0.3 is 5.63 Å². The molecule has 0 spiro atoms. The summed E-state index contributed by atoms with van der Waals surface area (Å²) in [6.45, 7) is 6.11. The van der Waals surface area contributed by atoms with Crippen LogP contribution in [0.2, 0.25) is 0 Å². The van der Waals surface area contributed by atoms with E-state index in [0.717, 1.165) is 49.4 Å². The molecule has 1 aromatic heterocycles. The smallest absolute Gasteiger partial charge is 0.339 e. The molecule has 0 saturated carbocycles. The Morgan fingerprint density at radius 2 is 1.81 bits per heavy atom. The Kier molecular flexibility index (Phi) is 6.04. The zero-order chi connectivity index (χ0) is 22.0. The van der Waals surface area contributed by atoms with E-state index in [4.69, 9.17) is 13.9 Å². The maximum atomic E-state index is 12.7. The van der Waals surface area contributed by atoms with Crippen molar-refractivity contribution < 1.29 is 19.0 Å². The highest BCUT2D eigenvalue weighted by Crippen LogP contribution is 2.34. The fourth-order valence-corrected chi connectivity index (χ4v) is 4.26. The summed E-state index contributed by atoms with van der Waals surface area (Å²) < 4.78 is 16.4. The number of aryl methyl sites for hydroxylation is 1. The van der Waals surface area contributed by atoms with Gasteiger partial charge in [0.1, 0.15) is 22.8 Å². The standard InChI is InChI=1S/C24H28N2O5/c1-16-18(24(28)31-22-15-17(29-2)14-21(30-3)23(16)22)8-9-25-10-12-26(13-11-25)19-6-4-5-7-20(19)27/h4-7,14-15,27H,8-13H2,1-3H3. The van der Waals surface area contributed by atoms with Gasteiger partial charge < -0.3 is 23.9 Å². The zero-order valence-corrected chi connectivity index (χ0v) is 18.2. The number of benzene rings is 2. The molecule has 0 bridgehead atoms.